The maximum absolute atomic E-state index is 11.9. The van der Waals surface area contributed by atoms with Gasteiger partial charge in [0.2, 0.25) is 0 Å². The van der Waals surface area contributed by atoms with Crippen LogP contribution in [0.1, 0.15) is 10.4 Å². The normalized spacial score (nSPS) is 11.9. The molecule has 1 amide bonds. The second-order valence-corrected chi connectivity index (χ2v) is 4.16. The van der Waals surface area contributed by atoms with Gasteiger partial charge in [-0.15, -0.1) is 0 Å². The highest BCUT2D eigenvalue weighted by Crippen LogP contribution is 2.12. The average Bonchev–Trinajstić information content (AvgIpc) is 2.38. The number of carbonyl (C=O) groups excluding carboxylic acids is 1. The molecule has 1 aromatic carbocycles. The molecule has 17 heavy (non-hydrogen) atoms. The maximum Gasteiger partial charge on any atom is 0.251 e. The van der Waals surface area contributed by atoms with Gasteiger partial charge in [-0.1, -0.05) is 22.0 Å². The highest BCUT2D eigenvalue weighted by Gasteiger charge is 2.12. The Hall–Kier alpha value is -1.07. The van der Waals surface area contributed by atoms with E-state index in [0.29, 0.717) is 23.2 Å². The largest absolute Gasteiger partial charge is 0.497 e. The highest BCUT2D eigenvalue weighted by atomic mass is 79.9. The van der Waals surface area contributed by atoms with Crippen molar-refractivity contribution in [2.75, 3.05) is 26.2 Å². The van der Waals surface area contributed by atoms with Gasteiger partial charge in [0.05, 0.1) is 19.8 Å². The third-order valence-corrected chi connectivity index (χ3v) is 3.00. The van der Waals surface area contributed by atoms with E-state index < -0.39 is 0 Å². The van der Waals surface area contributed by atoms with Crippen molar-refractivity contribution in [3.05, 3.63) is 29.8 Å². The zero-order chi connectivity index (χ0) is 12.7. The number of carbonyl (C=O) groups is 1. The average molecular weight is 302 g/mol. The molecule has 0 bridgehead atoms. The first kappa shape index (κ1) is 14.0. The topological polar surface area (TPSA) is 47.6 Å². The van der Waals surface area contributed by atoms with Gasteiger partial charge >= 0.3 is 0 Å². The molecule has 1 unspecified atom stereocenters. The van der Waals surface area contributed by atoms with Gasteiger partial charge in [-0.2, -0.15) is 0 Å². The number of methoxy groups -OCH3 is 2. The van der Waals surface area contributed by atoms with E-state index in [1.807, 2.05) is 0 Å². The Kier molecular flexibility index (Phi) is 6.00. The Bertz CT molecular complexity index is 371. The summed E-state index contributed by atoms with van der Waals surface area (Å²) in [6, 6.07) is 6.99. The lowest BCUT2D eigenvalue weighted by Gasteiger charge is -2.15. The van der Waals surface area contributed by atoms with E-state index in [1.165, 1.54) is 0 Å². The first-order valence-electron chi connectivity index (χ1n) is 5.21. The van der Waals surface area contributed by atoms with Crippen molar-refractivity contribution in [3.8, 4) is 5.75 Å². The van der Waals surface area contributed by atoms with Crippen LogP contribution in [0.5, 0.6) is 5.75 Å². The third-order valence-electron chi connectivity index (χ3n) is 2.22. The number of rotatable bonds is 6. The van der Waals surface area contributed by atoms with Crippen LogP contribution in [0.15, 0.2) is 24.3 Å². The fraction of sp³-hybridized carbons (Fsp3) is 0.417. The quantitative estimate of drug-likeness (QED) is 0.816. The van der Waals surface area contributed by atoms with Crippen LogP contribution >= 0.6 is 15.9 Å². The Morgan fingerprint density at radius 1 is 1.47 bits per heavy atom. The number of benzene rings is 1. The van der Waals surface area contributed by atoms with Crippen molar-refractivity contribution in [2.24, 2.45) is 0 Å². The molecular weight excluding hydrogens is 286 g/mol. The Balaban J connectivity index is 2.68. The molecule has 5 heteroatoms. The summed E-state index contributed by atoms with van der Waals surface area (Å²) >= 11 is 3.33. The first-order chi connectivity index (χ1) is 8.21. The number of ether oxygens (including phenoxy) is 2. The molecule has 1 N–H and O–H groups in total. The van der Waals surface area contributed by atoms with E-state index in [2.05, 4.69) is 21.2 Å². The van der Waals surface area contributed by atoms with Crippen molar-refractivity contribution < 1.29 is 14.3 Å². The van der Waals surface area contributed by atoms with E-state index in [4.69, 9.17) is 9.47 Å². The number of amides is 1. The minimum atomic E-state index is -0.134. The summed E-state index contributed by atoms with van der Waals surface area (Å²) in [5.41, 5.74) is 0.575. The number of hydrogen-bond acceptors (Lipinski definition) is 3. The number of hydrogen-bond donors (Lipinski definition) is 1. The van der Waals surface area contributed by atoms with E-state index in [-0.39, 0.29) is 11.9 Å². The molecule has 0 heterocycles. The van der Waals surface area contributed by atoms with Crippen LogP contribution in [-0.4, -0.2) is 38.1 Å². The van der Waals surface area contributed by atoms with Crippen molar-refractivity contribution in [1.82, 2.24) is 5.32 Å². The molecule has 0 aliphatic rings. The van der Waals surface area contributed by atoms with E-state index >= 15 is 0 Å². The van der Waals surface area contributed by atoms with Crippen LogP contribution in [-0.2, 0) is 4.74 Å². The van der Waals surface area contributed by atoms with Gasteiger partial charge in [0.1, 0.15) is 5.75 Å². The molecule has 0 saturated carbocycles. The van der Waals surface area contributed by atoms with Gasteiger partial charge in [0.25, 0.3) is 5.91 Å². The second kappa shape index (κ2) is 7.29. The number of nitrogens with one attached hydrogen (secondary N) is 1. The lowest BCUT2D eigenvalue weighted by atomic mass is 10.2. The van der Waals surface area contributed by atoms with Gasteiger partial charge in [0, 0.05) is 18.0 Å². The molecule has 0 fully saturated rings. The van der Waals surface area contributed by atoms with Crippen LogP contribution in [0.2, 0.25) is 0 Å². The van der Waals surface area contributed by atoms with Crippen molar-refractivity contribution in [1.29, 1.82) is 0 Å². The molecule has 94 valence electrons. The van der Waals surface area contributed by atoms with Crippen molar-refractivity contribution in [2.45, 2.75) is 6.04 Å². The molecule has 0 spiro atoms. The summed E-state index contributed by atoms with van der Waals surface area (Å²) in [5.74, 6) is 0.533. The van der Waals surface area contributed by atoms with Crippen LogP contribution in [0.4, 0.5) is 0 Å². The van der Waals surface area contributed by atoms with E-state index in [0.717, 1.165) is 0 Å². The predicted molar refractivity (Wildman–Crippen MR) is 69.9 cm³/mol. The van der Waals surface area contributed by atoms with Gasteiger partial charge in [0.15, 0.2) is 0 Å². The molecular formula is C12H16BrNO3. The van der Waals surface area contributed by atoms with Crippen LogP contribution in [0.25, 0.3) is 0 Å². The fourth-order valence-corrected chi connectivity index (χ4v) is 1.71. The Morgan fingerprint density at radius 3 is 2.82 bits per heavy atom. The third kappa shape index (κ3) is 4.36. The summed E-state index contributed by atoms with van der Waals surface area (Å²) in [6.07, 6.45) is 0. The van der Waals surface area contributed by atoms with Crippen LogP contribution in [0, 0.1) is 0 Å². The smallest absolute Gasteiger partial charge is 0.251 e. The van der Waals surface area contributed by atoms with Crippen molar-refractivity contribution in [3.63, 3.8) is 0 Å². The lowest BCUT2D eigenvalue weighted by Crippen LogP contribution is -2.39. The van der Waals surface area contributed by atoms with Gasteiger partial charge in [-0.25, -0.2) is 0 Å². The van der Waals surface area contributed by atoms with Gasteiger partial charge in [-0.05, 0) is 18.2 Å². The zero-order valence-corrected chi connectivity index (χ0v) is 11.5. The molecule has 0 saturated heterocycles. The summed E-state index contributed by atoms with van der Waals surface area (Å²) in [7, 11) is 3.18. The zero-order valence-electron chi connectivity index (χ0n) is 9.90. The predicted octanol–water partition coefficient (Wildman–Crippen LogP) is 1.83. The molecule has 0 aromatic heterocycles. The molecule has 0 aliphatic carbocycles. The molecule has 1 rings (SSSR count). The van der Waals surface area contributed by atoms with E-state index in [1.54, 1.807) is 38.5 Å². The molecule has 4 nitrogen and oxygen atoms in total. The summed E-state index contributed by atoms with van der Waals surface area (Å²) in [5, 5.41) is 3.52. The standard InChI is InChI=1S/C12H16BrNO3/c1-16-8-10(7-13)14-12(15)9-4-3-5-11(6-9)17-2/h3-6,10H,7-8H2,1-2H3,(H,14,15). The summed E-state index contributed by atoms with van der Waals surface area (Å²) < 4.78 is 10.1. The van der Waals surface area contributed by atoms with Gasteiger partial charge < -0.3 is 14.8 Å². The molecule has 1 atom stereocenters. The summed E-state index contributed by atoms with van der Waals surface area (Å²) in [6.45, 7) is 0.473. The first-order valence-corrected chi connectivity index (χ1v) is 6.33. The highest BCUT2D eigenvalue weighted by molar-refractivity contribution is 9.09. The van der Waals surface area contributed by atoms with Crippen LogP contribution < -0.4 is 10.1 Å². The minimum absolute atomic E-state index is 0.0429. The fourth-order valence-electron chi connectivity index (χ4n) is 1.36. The summed E-state index contributed by atoms with van der Waals surface area (Å²) in [4.78, 5) is 11.9. The lowest BCUT2D eigenvalue weighted by molar-refractivity contribution is 0.0907. The van der Waals surface area contributed by atoms with Crippen molar-refractivity contribution >= 4 is 21.8 Å². The van der Waals surface area contributed by atoms with Crippen LogP contribution in [0.3, 0.4) is 0 Å². The monoisotopic (exact) mass is 301 g/mol. The maximum atomic E-state index is 11.9. The Labute approximate surface area is 109 Å². The molecule has 0 radical (unpaired) electrons. The number of halogens is 1. The van der Waals surface area contributed by atoms with Gasteiger partial charge in [-0.3, -0.25) is 4.79 Å². The van der Waals surface area contributed by atoms with E-state index in [9.17, 15) is 4.79 Å². The molecule has 0 aliphatic heterocycles. The number of alkyl halides is 1. The SMILES string of the molecule is COCC(CBr)NC(=O)c1cccc(OC)c1. The Morgan fingerprint density at radius 2 is 2.24 bits per heavy atom. The molecule has 1 aromatic rings. The minimum Gasteiger partial charge on any atom is -0.497 e. The second-order valence-electron chi connectivity index (χ2n) is 3.51.